The van der Waals surface area contributed by atoms with Crippen molar-refractivity contribution in [1.82, 2.24) is 0 Å². The first kappa shape index (κ1) is 17.9. The molecule has 0 aliphatic heterocycles. The standard InChI is InChI=1S/C10H20F3O4P/c1-4-6-10(3,7-5-2)17-18(14,15)16-9(13)8(11)12/h8-9H,4-7H2,1-3H3,(H,14,15). The van der Waals surface area contributed by atoms with Crippen molar-refractivity contribution in [1.29, 1.82) is 0 Å². The first-order valence-corrected chi connectivity index (χ1v) is 7.29. The second-order valence-corrected chi connectivity index (χ2v) is 5.63. The maximum absolute atomic E-state index is 12.6. The van der Waals surface area contributed by atoms with Gasteiger partial charge in [0.05, 0.1) is 5.60 Å². The van der Waals surface area contributed by atoms with Gasteiger partial charge in [0.2, 0.25) is 0 Å². The summed E-state index contributed by atoms with van der Waals surface area (Å²) in [4.78, 5) is 9.26. The summed E-state index contributed by atoms with van der Waals surface area (Å²) in [5.41, 5.74) is -0.990. The number of rotatable bonds is 9. The molecule has 0 aromatic carbocycles. The number of hydrogen-bond donors (Lipinski definition) is 1. The minimum Gasteiger partial charge on any atom is -0.302 e. The van der Waals surface area contributed by atoms with Crippen LogP contribution in [0.4, 0.5) is 13.2 Å². The fourth-order valence-corrected chi connectivity index (χ4v) is 2.88. The highest BCUT2D eigenvalue weighted by atomic mass is 31.2. The van der Waals surface area contributed by atoms with Crippen LogP contribution in [0.15, 0.2) is 0 Å². The van der Waals surface area contributed by atoms with Crippen LogP contribution in [0.25, 0.3) is 0 Å². The van der Waals surface area contributed by atoms with E-state index >= 15 is 0 Å². The molecule has 0 rings (SSSR count). The summed E-state index contributed by atoms with van der Waals surface area (Å²) in [6.45, 7) is 5.26. The van der Waals surface area contributed by atoms with Gasteiger partial charge in [0.25, 0.3) is 12.8 Å². The van der Waals surface area contributed by atoms with Gasteiger partial charge in [-0.3, -0.25) is 4.52 Å². The number of phosphoric acid groups is 1. The van der Waals surface area contributed by atoms with Crippen molar-refractivity contribution in [2.75, 3.05) is 0 Å². The molecule has 8 heteroatoms. The van der Waals surface area contributed by atoms with Gasteiger partial charge in [-0.15, -0.1) is 0 Å². The molecular formula is C10H20F3O4P. The van der Waals surface area contributed by atoms with E-state index in [1.165, 1.54) is 0 Å². The highest BCUT2D eigenvalue weighted by Crippen LogP contribution is 2.51. The molecule has 0 aliphatic rings. The molecule has 2 unspecified atom stereocenters. The Bertz CT molecular complexity index is 282. The van der Waals surface area contributed by atoms with E-state index in [1.54, 1.807) is 6.92 Å². The van der Waals surface area contributed by atoms with Crippen molar-refractivity contribution >= 4 is 7.82 Å². The SMILES string of the molecule is CCCC(C)(CCC)OP(=O)(O)OC(F)C(F)F. The molecule has 0 amide bonds. The second kappa shape index (κ2) is 7.48. The molecule has 18 heavy (non-hydrogen) atoms. The van der Waals surface area contributed by atoms with Gasteiger partial charge >= 0.3 is 7.82 Å². The van der Waals surface area contributed by atoms with Gasteiger partial charge in [0, 0.05) is 0 Å². The first-order chi connectivity index (χ1) is 8.16. The minimum atomic E-state index is -4.84. The van der Waals surface area contributed by atoms with Gasteiger partial charge in [-0.05, 0) is 19.8 Å². The number of alkyl halides is 3. The van der Waals surface area contributed by atoms with Crippen molar-refractivity contribution in [3.63, 3.8) is 0 Å². The molecule has 4 nitrogen and oxygen atoms in total. The molecule has 0 radical (unpaired) electrons. The van der Waals surface area contributed by atoms with Crippen LogP contribution in [0, 0.1) is 0 Å². The van der Waals surface area contributed by atoms with Crippen LogP contribution >= 0.6 is 7.82 Å². The van der Waals surface area contributed by atoms with Crippen LogP contribution in [-0.4, -0.2) is 23.3 Å². The van der Waals surface area contributed by atoms with Gasteiger partial charge in [-0.25, -0.2) is 22.3 Å². The zero-order chi connectivity index (χ0) is 14.4. The van der Waals surface area contributed by atoms with Crippen LogP contribution in [0.2, 0.25) is 0 Å². The summed E-state index contributed by atoms with van der Waals surface area (Å²) >= 11 is 0. The Morgan fingerprint density at radius 1 is 1.22 bits per heavy atom. The molecule has 110 valence electrons. The summed E-state index contributed by atoms with van der Waals surface area (Å²) in [5.74, 6) is 0. The first-order valence-electron chi connectivity index (χ1n) is 5.80. The van der Waals surface area contributed by atoms with Gasteiger partial charge < -0.3 is 4.89 Å². The normalized spacial score (nSPS) is 17.8. The highest BCUT2D eigenvalue weighted by Gasteiger charge is 2.38. The molecule has 0 aromatic rings. The Balaban J connectivity index is 4.65. The predicted molar refractivity (Wildman–Crippen MR) is 61.1 cm³/mol. The van der Waals surface area contributed by atoms with Crippen LogP contribution in [0.5, 0.6) is 0 Å². The average molecular weight is 292 g/mol. The smallest absolute Gasteiger partial charge is 0.302 e. The third-order valence-corrected chi connectivity index (χ3v) is 3.46. The van der Waals surface area contributed by atoms with E-state index in [1.807, 2.05) is 13.8 Å². The molecule has 1 N–H and O–H groups in total. The summed E-state index contributed by atoms with van der Waals surface area (Å²) in [5, 5.41) is 0. The Labute approximate surface area is 105 Å². The van der Waals surface area contributed by atoms with Crippen molar-refractivity contribution in [2.24, 2.45) is 0 Å². The van der Waals surface area contributed by atoms with E-state index in [4.69, 9.17) is 4.52 Å². The summed E-state index contributed by atoms with van der Waals surface area (Å²) in [6.07, 6.45) is -4.39. The van der Waals surface area contributed by atoms with Gasteiger partial charge in [-0.1, -0.05) is 26.7 Å². The fraction of sp³-hybridized carbons (Fsp3) is 1.00. The van der Waals surface area contributed by atoms with Gasteiger partial charge in [0.1, 0.15) is 0 Å². The van der Waals surface area contributed by atoms with E-state index in [9.17, 15) is 22.6 Å². The van der Waals surface area contributed by atoms with E-state index in [2.05, 4.69) is 4.52 Å². The molecule has 0 aliphatic carbocycles. The molecule has 0 aromatic heterocycles. The molecule has 0 saturated carbocycles. The third kappa shape index (κ3) is 6.73. The molecule has 0 spiro atoms. The van der Waals surface area contributed by atoms with Crippen molar-refractivity contribution < 1.29 is 31.7 Å². The van der Waals surface area contributed by atoms with Crippen LogP contribution in [0.3, 0.4) is 0 Å². The van der Waals surface area contributed by atoms with Crippen LogP contribution < -0.4 is 0 Å². The summed E-state index contributed by atoms with van der Waals surface area (Å²) in [6, 6.07) is 0. The van der Waals surface area contributed by atoms with E-state index in [0.29, 0.717) is 25.7 Å². The number of halogens is 3. The maximum atomic E-state index is 12.6. The number of phosphoric ester groups is 1. The van der Waals surface area contributed by atoms with Crippen molar-refractivity contribution in [3.8, 4) is 0 Å². The quantitative estimate of drug-likeness (QED) is 0.652. The molecule has 0 bridgehead atoms. The van der Waals surface area contributed by atoms with Gasteiger partial charge in [0.15, 0.2) is 0 Å². The Morgan fingerprint density at radius 2 is 1.67 bits per heavy atom. The zero-order valence-corrected chi connectivity index (χ0v) is 11.6. The molecule has 0 saturated heterocycles. The van der Waals surface area contributed by atoms with Crippen molar-refractivity contribution in [2.45, 2.75) is 64.8 Å². The molecular weight excluding hydrogens is 272 g/mol. The van der Waals surface area contributed by atoms with Crippen molar-refractivity contribution in [3.05, 3.63) is 0 Å². The topological polar surface area (TPSA) is 55.8 Å². The Kier molecular flexibility index (Phi) is 7.44. The second-order valence-electron chi connectivity index (χ2n) is 4.30. The maximum Gasteiger partial charge on any atom is 0.475 e. The van der Waals surface area contributed by atoms with E-state index in [-0.39, 0.29) is 0 Å². The molecule has 2 atom stereocenters. The fourth-order valence-electron chi connectivity index (χ4n) is 1.75. The Hall–Kier alpha value is -0.100. The molecule has 0 heterocycles. The monoisotopic (exact) mass is 292 g/mol. The van der Waals surface area contributed by atoms with E-state index < -0.39 is 26.2 Å². The predicted octanol–water partition coefficient (Wildman–Crippen LogP) is 4.04. The lowest BCUT2D eigenvalue weighted by atomic mass is 9.95. The average Bonchev–Trinajstić information content (AvgIpc) is 2.15. The lowest BCUT2D eigenvalue weighted by Gasteiger charge is -2.30. The highest BCUT2D eigenvalue weighted by molar-refractivity contribution is 7.47. The van der Waals surface area contributed by atoms with Crippen LogP contribution in [0.1, 0.15) is 46.5 Å². The third-order valence-electron chi connectivity index (χ3n) is 2.33. The number of hydrogen-bond acceptors (Lipinski definition) is 3. The summed E-state index contributed by atoms with van der Waals surface area (Å²) < 4.78 is 56.4. The lowest BCUT2D eigenvalue weighted by Crippen LogP contribution is -2.28. The summed E-state index contributed by atoms with van der Waals surface area (Å²) in [7, 11) is -4.84. The zero-order valence-electron chi connectivity index (χ0n) is 10.7. The van der Waals surface area contributed by atoms with Gasteiger partial charge in [-0.2, -0.15) is 0 Å². The van der Waals surface area contributed by atoms with Crippen LogP contribution in [-0.2, 0) is 13.6 Å². The molecule has 0 fully saturated rings. The lowest BCUT2D eigenvalue weighted by molar-refractivity contribution is -0.0936. The minimum absolute atomic E-state index is 0.445. The van der Waals surface area contributed by atoms with E-state index in [0.717, 1.165) is 0 Å². The Morgan fingerprint density at radius 3 is 2.00 bits per heavy atom. The largest absolute Gasteiger partial charge is 0.475 e.